The van der Waals surface area contributed by atoms with Crippen LogP contribution in [0, 0.1) is 0 Å². The van der Waals surface area contributed by atoms with E-state index in [-0.39, 0.29) is 17.3 Å². The van der Waals surface area contributed by atoms with Crippen LogP contribution >= 0.6 is 11.6 Å². The largest absolute Gasteiger partial charge is 0.416 e. The van der Waals surface area contributed by atoms with E-state index in [1.165, 1.54) is 0 Å². The van der Waals surface area contributed by atoms with Gasteiger partial charge in [-0.15, -0.1) is 0 Å². The van der Waals surface area contributed by atoms with Crippen molar-refractivity contribution >= 4 is 11.6 Å². The molecule has 0 atom stereocenters. The third kappa shape index (κ3) is 2.81. The molecule has 0 bridgehead atoms. The Morgan fingerprint density at radius 2 is 2.06 bits per heavy atom. The summed E-state index contributed by atoms with van der Waals surface area (Å²) in [6, 6.07) is 1.80. The number of rotatable bonds is 2. The van der Waals surface area contributed by atoms with E-state index in [1.807, 2.05) is 0 Å². The van der Waals surface area contributed by atoms with Gasteiger partial charge >= 0.3 is 6.18 Å². The van der Waals surface area contributed by atoms with Crippen molar-refractivity contribution in [3.8, 4) is 0 Å². The van der Waals surface area contributed by atoms with Gasteiger partial charge in [-0.3, -0.25) is 0 Å². The van der Waals surface area contributed by atoms with Crippen LogP contribution in [0.2, 0.25) is 5.15 Å². The minimum atomic E-state index is -4.43. The lowest BCUT2D eigenvalue weighted by Gasteiger charge is -2.09. The molecule has 2 rings (SSSR count). The molecule has 2 aromatic rings. The Kier molecular flexibility index (Phi) is 3.30. The molecule has 0 N–H and O–H groups in total. The van der Waals surface area contributed by atoms with E-state index >= 15 is 0 Å². The molecule has 7 heteroatoms. The lowest BCUT2D eigenvalue weighted by molar-refractivity contribution is -0.137. The molecule has 0 aliphatic heterocycles. The fourth-order valence-electron chi connectivity index (χ4n) is 1.53. The summed E-state index contributed by atoms with van der Waals surface area (Å²) in [4.78, 5) is 7.91. The Labute approximate surface area is 106 Å². The molecule has 18 heavy (non-hydrogen) atoms. The van der Waals surface area contributed by atoms with Crippen LogP contribution in [0.1, 0.15) is 17.1 Å². The van der Waals surface area contributed by atoms with Gasteiger partial charge in [0.05, 0.1) is 11.3 Å². The van der Waals surface area contributed by atoms with E-state index in [1.54, 1.807) is 24.0 Å². The number of pyridine rings is 1. The SMILES string of the molecule is Cn1ccnc1Cc1cc(C(F)(F)F)cc(Cl)n1. The zero-order valence-electron chi connectivity index (χ0n) is 9.37. The van der Waals surface area contributed by atoms with Crippen molar-refractivity contribution in [2.45, 2.75) is 12.6 Å². The van der Waals surface area contributed by atoms with Gasteiger partial charge in [0.25, 0.3) is 0 Å². The van der Waals surface area contributed by atoms with Crippen molar-refractivity contribution in [2.75, 3.05) is 0 Å². The summed E-state index contributed by atoms with van der Waals surface area (Å²) in [5, 5.41) is -0.172. The average molecular weight is 276 g/mol. The highest BCUT2D eigenvalue weighted by molar-refractivity contribution is 6.29. The number of nitrogens with zero attached hydrogens (tertiary/aromatic N) is 3. The molecule has 0 unspecified atom stereocenters. The Morgan fingerprint density at radius 1 is 1.33 bits per heavy atom. The second-order valence-corrected chi connectivity index (χ2v) is 4.19. The van der Waals surface area contributed by atoms with Gasteiger partial charge in [0.15, 0.2) is 0 Å². The molecule has 0 aliphatic carbocycles. The monoisotopic (exact) mass is 275 g/mol. The summed E-state index contributed by atoms with van der Waals surface area (Å²) in [7, 11) is 1.76. The lowest BCUT2D eigenvalue weighted by Crippen LogP contribution is -2.08. The molecule has 0 fully saturated rings. The highest BCUT2D eigenvalue weighted by Crippen LogP contribution is 2.31. The van der Waals surface area contributed by atoms with Crippen LogP contribution in [0.25, 0.3) is 0 Å². The Bertz CT molecular complexity index is 563. The molecule has 0 spiro atoms. The molecule has 0 radical (unpaired) electrons. The molecule has 0 amide bonds. The predicted molar refractivity (Wildman–Crippen MR) is 60.3 cm³/mol. The maximum absolute atomic E-state index is 12.6. The molecule has 0 aliphatic rings. The fraction of sp³-hybridized carbons (Fsp3) is 0.273. The first-order valence-electron chi connectivity index (χ1n) is 5.06. The average Bonchev–Trinajstić information content (AvgIpc) is 2.62. The van der Waals surface area contributed by atoms with Gasteiger partial charge in [0.1, 0.15) is 11.0 Å². The van der Waals surface area contributed by atoms with Crippen molar-refractivity contribution in [1.82, 2.24) is 14.5 Å². The Balaban J connectivity index is 2.35. The normalized spacial score (nSPS) is 11.8. The van der Waals surface area contributed by atoms with Gasteiger partial charge < -0.3 is 4.57 Å². The van der Waals surface area contributed by atoms with Crippen LogP contribution in [-0.2, 0) is 19.6 Å². The summed E-state index contributed by atoms with van der Waals surface area (Å²) < 4.78 is 39.5. The van der Waals surface area contributed by atoms with Gasteiger partial charge in [-0.05, 0) is 12.1 Å². The highest BCUT2D eigenvalue weighted by atomic mass is 35.5. The van der Waals surface area contributed by atoms with Crippen LogP contribution < -0.4 is 0 Å². The summed E-state index contributed by atoms with van der Waals surface area (Å²) in [6.45, 7) is 0. The molecule has 3 nitrogen and oxygen atoms in total. The van der Waals surface area contributed by atoms with Crippen molar-refractivity contribution in [2.24, 2.45) is 7.05 Å². The van der Waals surface area contributed by atoms with E-state index in [0.29, 0.717) is 5.82 Å². The smallest absolute Gasteiger partial charge is 0.338 e. The van der Waals surface area contributed by atoms with E-state index in [9.17, 15) is 13.2 Å². The third-order valence-electron chi connectivity index (χ3n) is 2.43. The van der Waals surface area contributed by atoms with Crippen LogP contribution in [0.5, 0.6) is 0 Å². The second kappa shape index (κ2) is 4.61. The number of halogens is 4. The van der Waals surface area contributed by atoms with Crippen molar-refractivity contribution in [3.63, 3.8) is 0 Å². The summed E-state index contributed by atoms with van der Waals surface area (Å²) >= 11 is 5.60. The van der Waals surface area contributed by atoms with Crippen molar-refractivity contribution in [3.05, 3.63) is 46.8 Å². The third-order valence-corrected chi connectivity index (χ3v) is 2.63. The van der Waals surface area contributed by atoms with Gasteiger partial charge in [-0.25, -0.2) is 9.97 Å². The maximum Gasteiger partial charge on any atom is 0.416 e. The lowest BCUT2D eigenvalue weighted by atomic mass is 10.2. The molecule has 2 heterocycles. The van der Waals surface area contributed by atoms with E-state index in [0.717, 1.165) is 12.1 Å². The molecule has 0 aromatic carbocycles. The summed E-state index contributed by atoms with van der Waals surface area (Å²) in [5.41, 5.74) is -0.559. The van der Waals surface area contributed by atoms with Crippen LogP contribution in [0.3, 0.4) is 0 Å². The highest BCUT2D eigenvalue weighted by Gasteiger charge is 2.31. The van der Waals surface area contributed by atoms with E-state index in [4.69, 9.17) is 11.6 Å². The Hall–Kier alpha value is -1.56. The van der Waals surface area contributed by atoms with Gasteiger partial charge in [-0.1, -0.05) is 11.6 Å². The number of aryl methyl sites for hydroxylation is 1. The van der Waals surface area contributed by atoms with Crippen molar-refractivity contribution < 1.29 is 13.2 Å². The predicted octanol–water partition coefficient (Wildman–Crippen LogP) is 3.08. The zero-order valence-corrected chi connectivity index (χ0v) is 10.1. The molecular formula is C11H9ClF3N3. The number of alkyl halides is 3. The minimum Gasteiger partial charge on any atom is -0.338 e. The number of hydrogen-bond acceptors (Lipinski definition) is 2. The second-order valence-electron chi connectivity index (χ2n) is 3.80. The fourth-order valence-corrected chi connectivity index (χ4v) is 1.76. The van der Waals surface area contributed by atoms with Crippen LogP contribution in [0.4, 0.5) is 13.2 Å². The molecule has 0 saturated heterocycles. The van der Waals surface area contributed by atoms with Gasteiger partial charge in [0.2, 0.25) is 0 Å². The topological polar surface area (TPSA) is 30.7 Å². The van der Waals surface area contributed by atoms with Gasteiger partial charge in [0, 0.05) is 25.9 Å². The van der Waals surface area contributed by atoms with E-state index < -0.39 is 11.7 Å². The van der Waals surface area contributed by atoms with Crippen LogP contribution in [-0.4, -0.2) is 14.5 Å². The number of hydrogen-bond donors (Lipinski definition) is 0. The summed E-state index contributed by atoms with van der Waals surface area (Å²) in [6.07, 6.45) is -0.939. The zero-order chi connectivity index (χ0) is 13.3. The standard InChI is InChI=1S/C11H9ClF3N3/c1-18-3-2-16-10(18)6-8-4-7(11(13,14)15)5-9(12)17-8/h2-5H,6H2,1H3. The molecule has 0 saturated carbocycles. The summed E-state index contributed by atoms with van der Waals surface area (Å²) in [5.74, 6) is 0.623. The number of aromatic nitrogens is 3. The van der Waals surface area contributed by atoms with E-state index in [2.05, 4.69) is 9.97 Å². The first-order chi connectivity index (χ1) is 8.36. The Morgan fingerprint density at radius 3 is 2.61 bits per heavy atom. The van der Waals surface area contributed by atoms with Gasteiger partial charge in [-0.2, -0.15) is 13.2 Å². The first-order valence-corrected chi connectivity index (χ1v) is 5.44. The number of imidazole rings is 1. The van der Waals surface area contributed by atoms with Crippen LogP contribution in [0.15, 0.2) is 24.5 Å². The molecule has 2 aromatic heterocycles. The first kappa shape index (κ1) is 12.9. The molecular weight excluding hydrogens is 267 g/mol. The molecule has 96 valence electrons. The van der Waals surface area contributed by atoms with Crippen molar-refractivity contribution in [1.29, 1.82) is 0 Å². The quantitative estimate of drug-likeness (QED) is 0.789. The minimum absolute atomic E-state index is 0.172. The maximum atomic E-state index is 12.6.